The molecular formula is C21H28BrN2+. The van der Waals surface area contributed by atoms with Crippen molar-refractivity contribution in [2.45, 2.75) is 25.3 Å². The normalized spacial score (nSPS) is 25.8. The maximum Gasteiger partial charge on any atom is 0.135 e. The molecule has 4 rings (SSSR count). The third kappa shape index (κ3) is 3.30. The first kappa shape index (κ1) is 17.7. The molecule has 0 N–H and O–H groups in total. The molecule has 2 aromatic carbocycles. The number of likely N-dealkylation sites (N-methyl/N-ethyl adjacent to an activating group) is 1. The van der Waals surface area contributed by atoms with Crippen LogP contribution in [0.4, 0.5) is 5.69 Å². The maximum atomic E-state index is 2.73. The molecule has 2 fully saturated rings. The van der Waals surface area contributed by atoms with Crippen LogP contribution in [-0.2, 0) is 0 Å². The Morgan fingerprint density at radius 1 is 0.917 bits per heavy atom. The molecule has 2 aliphatic rings. The highest BCUT2D eigenvalue weighted by atomic mass is 79.9. The molecule has 1 aliphatic carbocycles. The van der Waals surface area contributed by atoms with E-state index in [2.05, 4.69) is 73.5 Å². The largest absolute Gasteiger partial charge is 0.291 e. The Balaban J connectivity index is 0.00000169. The van der Waals surface area contributed by atoms with E-state index in [-0.39, 0.29) is 17.0 Å². The van der Waals surface area contributed by atoms with Gasteiger partial charge >= 0.3 is 0 Å². The Morgan fingerprint density at radius 2 is 1.54 bits per heavy atom. The lowest BCUT2D eigenvalue weighted by Crippen LogP contribution is -2.59. The van der Waals surface area contributed by atoms with Gasteiger partial charge in [-0.25, -0.2) is 0 Å². The first-order valence-electron chi connectivity index (χ1n) is 8.87. The number of rotatable bonds is 3. The fourth-order valence-corrected chi connectivity index (χ4v) is 4.31. The topological polar surface area (TPSA) is 3.24 Å². The molecule has 128 valence electrons. The summed E-state index contributed by atoms with van der Waals surface area (Å²) in [6, 6.07) is 20.7. The van der Waals surface area contributed by atoms with Crippen LogP contribution in [0.15, 0.2) is 54.6 Å². The molecule has 0 aromatic heterocycles. The van der Waals surface area contributed by atoms with Gasteiger partial charge in [0.05, 0.1) is 20.1 Å². The van der Waals surface area contributed by atoms with Crippen LogP contribution in [-0.4, -0.2) is 44.2 Å². The van der Waals surface area contributed by atoms with Crippen molar-refractivity contribution in [1.29, 1.82) is 0 Å². The number of halogens is 1. The average Bonchev–Trinajstić information content (AvgIpc) is 3.37. The fraction of sp³-hybridized carbons (Fsp3) is 0.429. The lowest BCUT2D eigenvalue weighted by Gasteiger charge is -2.42. The van der Waals surface area contributed by atoms with Crippen molar-refractivity contribution >= 4 is 22.7 Å². The highest BCUT2D eigenvalue weighted by molar-refractivity contribution is 8.93. The Hall–Kier alpha value is -1.16. The number of aryl methyl sites for hydroxylation is 1. The standard InChI is InChI=1S/C21H27N2.BrH/c1-17-8-6-7-11-21(17)23(2)14-12-22(13-15-23)20-16-19(20)18-9-4-3-5-10-18;/h3-11,19-20H,12-16H2,1-2H3;1H/q+1;/t19-,20+;/m0./s1. The van der Waals surface area contributed by atoms with Gasteiger partial charge in [0, 0.05) is 30.6 Å². The van der Waals surface area contributed by atoms with E-state index in [9.17, 15) is 0 Å². The molecule has 24 heavy (non-hydrogen) atoms. The number of nitrogens with zero attached hydrogens (tertiary/aromatic N) is 2. The summed E-state index contributed by atoms with van der Waals surface area (Å²) in [6.07, 6.45) is 1.35. The highest BCUT2D eigenvalue weighted by Crippen LogP contribution is 2.45. The summed E-state index contributed by atoms with van der Waals surface area (Å²) in [5, 5.41) is 0. The lowest BCUT2D eigenvalue weighted by atomic mass is 10.1. The molecule has 1 heterocycles. The molecule has 3 heteroatoms. The molecule has 0 unspecified atom stereocenters. The third-order valence-corrected chi connectivity index (χ3v) is 5.91. The van der Waals surface area contributed by atoms with Crippen molar-refractivity contribution in [3.8, 4) is 0 Å². The first-order chi connectivity index (χ1) is 11.2. The predicted molar refractivity (Wildman–Crippen MR) is 108 cm³/mol. The number of piperazine rings is 1. The van der Waals surface area contributed by atoms with Gasteiger partial charge in [0.2, 0.25) is 0 Å². The van der Waals surface area contributed by atoms with Gasteiger partial charge < -0.3 is 0 Å². The Morgan fingerprint density at radius 3 is 2.21 bits per heavy atom. The van der Waals surface area contributed by atoms with Crippen LogP contribution in [0.1, 0.15) is 23.5 Å². The molecule has 0 amide bonds. The van der Waals surface area contributed by atoms with Gasteiger partial charge in [0.1, 0.15) is 5.69 Å². The first-order valence-corrected chi connectivity index (χ1v) is 8.87. The molecule has 0 bridgehead atoms. The van der Waals surface area contributed by atoms with Crippen LogP contribution in [0.3, 0.4) is 0 Å². The van der Waals surface area contributed by atoms with Gasteiger partial charge in [-0.2, -0.15) is 0 Å². The minimum Gasteiger partial charge on any atom is -0.291 e. The fourth-order valence-electron chi connectivity index (χ4n) is 4.31. The summed E-state index contributed by atoms with van der Waals surface area (Å²) >= 11 is 0. The van der Waals surface area contributed by atoms with Crippen molar-refractivity contribution in [1.82, 2.24) is 9.38 Å². The number of quaternary nitrogens is 1. The van der Waals surface area contributed by atoms with E-state index in [0.29, 0.717) is 0 Å². The summed E-state index contributed by atoms with van der Waals surface area (Å²) < 4.78 is 1.09. The maximum absolute atomic E-state index is 2.73. The van der Waals surface area contributed by atoms with Crippen molar-refractivity contribution in [2.75, 3.05) is 33.2 Å². The molecule has 1 saturated heterocycles. The van der Waals surface area contributed by atoms with Crippen molar-refractivity contribution in [3.63, 3.8) is 0 Å². The van der Waals surface area contributed by atoms with E-state index < -0.39 is 0 Å². The molecule has 2 atom stereocenters. The molecule has 2 aromatic rings. The Kier molecular flexibility index (Phi) is 5.14. The molecule has 0 radical (unpaired) electrons. The van der Waals surface area contributed by atoms with E-state index in [4.69, 9.17) is 0 Å². The molecule has 1 saturated carbocycles. The van der Waals surface area contributed by atoms with Gasteiger partial charge in [0.15, 0.2) is 0 Å². The summed E-state index contributed by atoms with van der Waals surface area (Å²) in [6.45, 7) is 7.14. The van der Waals surface area contributed by atoms with Crippen LogP contribution in [0, 0.1) is 6.92 Å². The van der Waals surface area contributed by atoms with Gasteiger partial charge in [-0.1, -0.05) is 48.5 Å². The van der Waals surface area contributed by atoms with Crippen LogP contribution in [0.25, 0.3) is 0 Å². The van der Waals surface area contributed by atoms with Gasteiger partial charge in [-0.15, -0.1) is 17.0 Å². The predicted octanol–water partition coefficient (Wildman–Crippen LogP) is 4.38. The van der Waals surface area contributed by atoms with E-state index in [0.717, 1.165) is 16.4 Å². The van der Waals surface area contributed by atoms with E-state index in [1.54, 1.807) is 0 Å². The van der Waals surface area contributed by atoms with Crippen LogP contribution < -0.4 is 4.48 Å². The number of para-hydroxylation sites is 1. The minimum atomic E-state index is 0. The van der Waals surface area contributed by atoms with Crippen LogP contribution in [0.2, 0.25) is 0 Å². The Bertz CT molecular complexity index is 677. The van der Waals surface area contributed by atoms with Crippen molar-refractivity contribution in [2.24, 2.45) is 0 Å². The van der Waals surface area contributed by atoms with Gasteiger partial charge in [-0.3, -0.25) is 9.38 Å². The quantitative estimate of drug-likeness (QED) is 0.706. The van der Waals surface area contributed by atoms with Crippen molar-refractivity contribution in [3.05, 3.63) is 65.7 Å². The second kappa shape index (κ2) is 6.99. The van der Waals surface area contributed by atoms with Crippen molar-refractivity contribution < 1.29 is 0 Å². The second-order valence-corrected chi connectivity index (χ2v) is 7.49. The van der Waals surface area contributed by atoms with E-state index >= 15 is 0 Å². The highest BCUT2D eigenvalue weighted by Gasteiger charge is 2.45. The number of benzene rings is 2. The summed E-state index contributed by atoms with van der Waals surface area (Å²) in [5.74, 6) is 0.770. The van der Waals surface area contributed by atoms with Gasteiger partial charge in [-0.05, 0) is 25.0 Å². The van der Waals surface area contributed by atoms with E-state index in [1.807, 2.05) is 0 Å². The summed E-state index contributed by atoms with van der Waals surface area (Å²) in [4.78, 5) is 2.73. The molecular weight excluding hydrogens is 360 g/mol. The molecule has 2 nitrogen and oxygen atoms in total. The van der Waals surface area contributed by atoms with Crippen LogP contribution in [0.5, 0.6) is 0 Å². The number of hydrogen-bond acceptors (Lipinski definition) is 1. The molecule has 1 aliphatic heterocycles. The SMILES string of the molecule is Br.Cc1ccccc1[N+]1(C)CCN([C@@H]2C[C@H]2c2ccccc2)CC1. The average molecular weight is 388 g/mol. The second-order valence-electron chi connectivity index (χ2n) is 7.49. The van der Waals surface area contributed by atoms with Crippen LogP contribution >= 0.6 is 17.0 Å². The Labute approximate surface area is 156 Å². The zero-order valence-corrected chi connectivity index (χ0v) is 16.4. The lowest BCUT2D eigenvalue weighted by molar-refractivity contribution is 0.146. The molecule has 0 spiro atoms. The van der Waals surface area contributed by atoms with Gasteiger partial charge in [0.25, 0.3) is 0 Å². The summed E-state index contributed by atoms with van der Waals surface area (Å²) in [5.41, 5.74) is 4.46. The zero-order valence-electron chi connectivity index (χ0n) is 14.7. The smallest absolute Gasteiger partial charge is 0.135 e. The third-order valence-electron chi connectivity index (χ3n) is 5.91. The number of hydrogen-bond donors (Lipinski definition) is 0. The summed E-state index contributed by atoms with van der Waals surface area (Å²) in [7, 11) is 2.40. The zero-order chi connectivity index (χ0) is 15.9. The monoisotopic (exact) mass is 387 g/mol. The van der Waals surface area contributed by atoms with E-state index in [1.165, 1.54) is 49.4 Å². The minimum absolute atomic E-state index is 0.